The molecule has 0 aromatic heterocycles. The van der Waals surface area contributed by atoms with Gasteiger partial charge in [-0.15, -0.1) is 0 Å². The highest BCUT2D eigenvalue weighted by Crippen LogP contribution is 2.18. The standard InChI is InChI=1S/C14H16N2O3/c15-11-6-3-10(4-7-11)5-8-13(17)16-9-1-2-12(16)14(18)19/h3-8,12H,1-2,9,15H2,(H,18,19)/b8-5+/t12-/m0/s1. The van der Waals surface area contributed by atoms with Gasteiger partial charge in [0.05, 0.1) is 0 Å². The average molecular weight is 260 g/mol. The first-order valence-electron chi connectivity index (χ1n) is 6.15. The Labute approximate surface area is 111 Å². The first kappa shape index (κ1) is 13.1. The molecule has 1 aliphatic rings. The lowest BCUT2D eigenvalue weighted by Gasteiger charge is -2.19. The molecule has 0 saturated carbocycles. The van der Waals surface area contributed by atoms with Gasteiger partial charge in [-0.1, -0.05) is 12.1 Å². The highest BCUT2D eigenvalue weighted by atomic mass is 16.4. The van der Waals surface area contributed by atoms with Crippen LogP contribution in [-0.2, 0) is 9.59 Å². The summed E-state index contributed by atoms with van der Waals surface area (Å²) in [6, 6.07) is 6.42. The summed E-state index contributed by atoms with van der Waals surface area (Å²) < 4.78 is 0. The van der Waals surface area contributed by atoms with Crippen LogP contribution in [0.1, 0.15) is 18.4 Å². The third-order valence-electron chi connectivity index (χ3n) is 3.18. The number of carboxylic acid groups (broad SMARTS) is 1. The molecular formula is C14H16N2O3. The van der Waals surface area contributed by atoms with Crippen molar-refractivity contribution in [3.8, 4) is 0 Å². The zero-order chi connectivity index (χ0) is 13.8. The van der Waals surface area contributed by atoms with Gasteiger partial charge < -0.3 is 15.7 Å². The normalized spacial score (nSPS) is 18.9. The third kappa shape index (κ3) is 3.13. The number of likely N-dealkylation sites (tertiary alicyclic amines) is 1. The van der Waals surface area contributed by atoms with E-state index < -0.39 is 12.0 Å². The number of carbonyl (C=O) groups excluding carboxylic acids is 1. The minimum atomic E-state index is -0.938. The van der Waals surface area contributed by atoms with E-state index in [2.05, 4.69) is 0 Å². The fraction of sp³-hybridized carbons (Fsp3) is 0.286. The van der Waals surface area contributed by atoms with Crippen LogP contribution in [0.25, 0.3) is 6.08 Å². The van der Waals surface area contributed by atoms with Crippen molar-refractivity contribution in [1.29, 1.82) is 0 Å². The van der Waals surface area contributed by atoms with E-state index >= 15 is 0 Å². The summed E-state index contributed by atoms with van der Waals surface area (Å²) in [4.78, 5) is 24.3. The number of hydrogen-bond donors (Lipinski definition) is 2. The van der Waals surface area contributed by atoms with Crippen LogP contribution >= 0.6 is 0 Å². The number of nitrogens with zero attached hydrogens (tertiary/aromatic N) is 1. The van der Waals surface area contributed by atoms with E-state index in [0.29, 0.717) is 18.7 Å². The van der Waals surface area contributed by atoms with Crippen molar-refractivity contribution in [2.75, 3.05) is 12.3 Å². The Bertz CT molecular complexity index is 508. The molecule has 1 atom stereocenters. The number of carbonyl (C=O) groups is 2. The third-order valence-corrected chi connectivity index (χ3v) is 3.18. The highest BCUT2D eigenvalue weighted by Gasteiger charge is 2.32. The van der Waals surface area contributed by atoms with Crippen LogP contribution in [0.4, 0.5) is 5.69 Å². The SMILES string of the molecule is Nc1ccc(/C=C/C(=O)N2CCC[C@H]2C(=O)O)cc1. The maximum Gasteiger partial charge on any atom is 0.326 e. The maximum atomic E-state index is 12.0. The Morgan fingerprint density at radius 3 is 2.63 bits per heavy atom. The Kier molecular flexibility index (Phi) is 3.85. The molecule has 1 fully saturated rings. The summed E-state index contributed by atoms with van der Waals surface area (Å²) >= 11 is 0. The number of hydrogen-bond acceptors (Lipinski definition) is 3. The zero-order valence-electron chi connectivity index (χ0n) is 10.5. The zero-order valence-corrected chi connectivity index (χ0v) is 10.5. The number of amides is 1. The number of carboxylic acids is 1. The Hall–Kier alpha value is -2.30. The van der Waals surface area contributed by atoms with Crippen molar-refractivity contribution < 1.29 is 14.7 Å². The highest BCUT2D eigenvalue weighted by molar-refractivity contribution is 5.94. The van der Waals surface area contributed by atoms with E-state index in [-0.39, 0.29) is 5.91 Å². The molecule has 1 aliphatic heterocycles. The second-order valence-electron chi connectivity index (χ2n) is 4.53. The fourth-order valence-corrected chi connectivity index (χ4v) is 2.16. The molecule has 0 radical (unpaired) electrons. The van der Waals surface area contributed by atoms with Gasteiger partial charge in [0.2, 0.25) is 5.91 Å². The van der Waals surface area contributed by atoms with E-state index in [1.165, 1.54) is 11.0 Å². The molecule has 1 aromatic rings. The molecule has 1 heterocycles. The Morgan fingerprint density at radius 2 is 2.00 bits per heavy atom. The molecule has 1 saturated heterocycles. The molecule has 0 aliphatic carbocycles. The monoisotopic (exact) mass is 260 g/mol. The molecule has 0 unspecified atom stereocenters. The van der Waals surface area contributed by atoms with Crippen molar-refractivity contribution in [3.63, 3.8) is 0 Å². The van der Waals surface area contributed by atoms with E-state index in [0.717, 1.165) is 12.0 Å². The van der Waals surface area contributed by atoms with Crippen molar-refractivity contribution in [2.24, 2.45) is 0 Å². The first-order chi connectivity index (χ1) is 9.08. The summed E-state index contributed by atoms with van der Waals surface area (Å²) in [6.07, 6.45) is 4.33. The smallest absolute Gasteiger partial charge is 0.326 e. The summed E-state index contributed by atoms with van der Waals surface area (Å²) in [5.41, 5.74) is 7.09. The molecule has 1 amide bonds. The van der Waals surface area contributed by atoms with Gasteiger partial charge in [0.1, 0.15) is 6.04 Å². The second-order valence-corrected chi connectivity index (χ2v) is 4.53. The Morgan fingerprint density at radius 1 is 1.32 bits per heavy atom. The van der Waals surface area contributed by atoms with E-state index in [9.17, 15) is 9.59 Å². The molecule has 5 heteroatoms. The molecule has 0 spiro atoms. The maximum absolute atomic E-state index is 12.0. The number of nitrogens with two attached hydrogens (primary N) is 1. The largest absolute Gasteiger partial charge is 0.480 e. The van der Waals surface area contributed by atoms with Crippen molar-refractivity contribution in [1.82, 2.24) is 4.90 Å². The summed E-state index contributed by atoms with van der Waals surface area (Å²) in [5, 5.41) is 9.02. The summed E-state index contributed by atoms with van der Waals surface area (Å²) in [5.74, 6) is -1.20. The van der Waals surface area contributed by atoms with Crippen molar-refractivity contribution in [3.05, 3.63) is 35.9 Å². The average Bonchev–Trinajstić information content (AvgIpc) is 2.87. The van der Waals surface area contributed by atoms with Gasteiger partial charge in [-0.2, -0.15) is 0 Å². The van der Waals surface area contributed by atoms with E-state index in [1.54, 1.807) is 30.3 Å². The number of anilines is 1. The van der Waals surface area contributed by atoms with Gasteiger partial charge in [-0.05, 0) is 36.6 Å². The van der Waals surface area contributed by atoms with E-state index in [4.69, 9.17) is 10.8 Å². The van der Waals surface area contributed by atoms with Crippen LogP contribution in [0.2, 0.25) is 0 Å². The Balaban J connectivity index is 2.04. The van der Waals surface area contributed by atoms with Gasteiger partial charge in [-0.3, -0.25) is 4.79 Å². The second kappa shape index (κ2) is 5.56. The summed E-state index contributed by atoms with van der Waals surface area (Å²) in [7, 11) is 0. The van der Waals surface area contributed by atoms with Gasteiger partial charge >= 0.3 is 5.97 Å². The predicted molar refractivity (Wildman–Crippen MR) is 72.3 cm³/mol. The van der Waals surface area contributed by atoms with Gasteiger partial charge in [0, 0.05) is 18.3 Å². The molecule has 5 nitrogen and oxygen atoms in total. The van der Waals surface area contributed by atoms with Crippen LogP contribution in [0.5, 0.6) is 0 Å². The molecule has 3 N–H and O–H groups in total. The molecule has 0 bridgehead atoms. The van der Waals surface area contributed by atoms with Crippen LogP contribution in [0.15, 0.2) is 30.3 Å². The topological polar surface area (TPSA) is 83.6 Å². The van der Waals surface area contributed by atoms with Crippen LogP contribution in [-0.4, -0.2) is 34.5 Å². The van der Waals surface area contributed by atoms with E-state index in [1.807, 2.05) is 0 Å². The van der Waals surface area contributed by atoms with Gasteiger partial charge in [-0.25, -0.2) is 4.79 Å². The quantitative estimate of drug-likeness (QED) is 0.635. The van der Waals surface area contributed by atoms with Crippen molar-refractivity contribution >= 4 is 23.6 Å². The molecule has 100 valence electrons. The molecule has 19 heavy (non-hydrogen) atoms. The first-order valence-corrected chi connectivity index (χ1v) is 6.15. The van der Waals surface area contributed by atoms with Crippen molar-refractivity contribution in [2.45, 2.75) is 18.9 Å². The molecule has 2 rings (SSSR count). The van der Waals surface area contributed by atoms with Crippen LogP contribution < -0.4 is 5.73 Å². The number of rotatable bonds is 3. The fourth-order valence-electron chi connectivity index (χ4n) is 2.16. The lowest BCUT2D eigenvalue weighted by atomic mass is 10.2. The van der Waals surface area contributed by atoms with Crippen LogP contribution in [0, 0.1) is 0 Å². The summed E-state index contributed by atoms with van der Waals surface area (Å²) in [6.45, 7) is 0.502. The minimum absolute atomic E-state index is 0.262. The molecule has 1 aromatic carbocycles. The minimum Gasteiger partial charge on any atom is -0.480 e. The number of benzene rings is 1. The number of aliphatic carboxylic acids is 1. The lowest BCUT2D eigenvalue weighted by molar-refractivity contribution is -0.146. The molecular weight excluding hydrogens is 244 g/mol. The number of nitrogen functional groups attached to an aromatic ring is 1. The van der Waals surface area contributed by atoms with Gasteiger partial charge in [0.15, 0.2) is 0 Å². The predicted octanol–water partition coefficient (Wildman–Crippen LogP) is 1.36. The van der Waals surface area contributed by atoms with Gasteiger partial charge in [0.25, 0.3) is 0 Å². The lowest BCUT2D eigenvalue weighted by Crippen LogP contribution is -2.39. The van der Waals surface area contributed by atoms with Crippen LogP contribution in [0.3, 0.4) is 0 Å².